The Labute approximate surface area is 194 Å². The number of Topliss-reactive ketones (excluding diaryl/α,β-unsaturated/α-hetero) is 1. The summed E-state index contributed by atoms with van der Waals surface area (Å²) in [7, 11) is 4.14. The van der Waals surface area contributed by atoms with Gasteiger partial charge in [0.2, 0.25) is 5.96 Å². The van der Waals surface area contributed by atoms with Crippen LogP contribution in [0.15, 0.2) is 46.0 Å². The molecule has 170 valence electrons. The van der Waals surface area contributed by atoms with Crippen LogP contribution in [0.5, 0.6) is 0 Å². The number of carbonyl (C=O) groups excluding carboxylic acids is 1. The molecule has 1 aliphatic carbocycles. The summed E-state index contributed by atoms with van der Waals surface area (Å²) in [6.45, 7) is 4.80. The quantitative estimate of drug-likeness (QED) is 0.506. The van der Waals surface area contributed by atoms with Gasteiger partial charge < -0.3 is 15.5 Å². The Bertz CT molecular complexity index is 1010. The Hall–Kier alpha value is -2.71. The maximum atomic E-state index is 12.4. The topological polar surface area (TPSA) is 85.2 Å². The Kier molecular flexibility index (Phi) is 6.62. The molecule has 0 amide bonds. The van der Waals surface area contributed by atoms with Crippen molar-refractivity contribution in [2.24, 2.45) is 15.4 Å². The first-order valence-electron chi connectivity index (χ1n) is 11.0. The number of ketones is 1. The molecule has 32 heavy (non-hydrogen) atoms. The van der Waals surface area contributed by atoms with Gasteiger partial charge >= 0.3 is 0 Å². The molecule has 0 radical (unpaired) electrons. The van der Waals surface area contributed by atoms with Gasteiger partial charge in [0.15, 0.2) is 0 Å². The van der Waals surface area contributed by atoms with E-state index in [0.29, 0.717) is 31.9 Å². The molecule has 3 heterocycles. The first-order valence-corrected chi connectivity index (χ1v) is 11.3. The van der Waals surface area contributed by atoms with E-state index in [1.807, 2.05) is 37.3 Å². The number of nitrogens with zero attached hydrogens (tertiary/aromatic N) is 5. The SMILES string of the molecule is Cc1nc(NCCCN(C)C)ccc1NC1=NCC23CC(=O)CCN(Cl)C2=CC=CC3=N1. The number of allylic oxidation sites excluding steroid dienone is 3. The second-order valence-electron chi connectivity index (χ2n) is 8.72. The van der Waals surface area contributed by atoms with Gasteiger partial charge in [0.1, 0.15) is 11.6 Å². The molecule has 1 fully saturated rings. The highest BCUT2D eigenvalue weighted by atomic mass is 35.5. The van der Waals surface area contributed by atoms with E-state index in [1.165, 1.54) is 0 Å². The Morgan fingerprint density at radius 1 is 1.31 bits per heavy atom. The third-order valence-electron chi connectivity index (χ3n) is 5.98. The number of carbonyl (C=O) groups is 1. The molecular weight excluding hydrogens is 426 g/mol. The number of hydrogen-bond donors (Lipinski definition) is 2. The van der Waals surface area contributed by atoms with Crippen LogP contribution in [-0.2, 0) is 4.79 Å². The van der Waals surface area contributed by atoms with E-state index in [2.05, 4.69) is 34.6 Å². The van der Waals surface area contributed by atoms with Gasteiger partial charge in [-0.1, -0.05) is 6.08 Å². The van der Waals surface area contributed by atoms with Crippen LogP contribution in [0.25, 0.3) is 0 Å². The molecule has 1 aromatic rings. The average molecular weight is 456 g/mol. The summed E-state index contributed by atoms with van der Waals surface area (Å²) in [6, 6.07) is 3.95. The van der Waals surface area contributed by atoms with Gasteiger partial charge in [-0.25, -0.2) is 15.0 Å². The van der Waals surface area contributed by atoms with Gasteiger partial charge in [0, 0.05) is 43.4 Å². The summed E-state index contributed by atoms with van der Waals surface area (Å²) >= 11 is 6.48. The molecule has 0 saturated carbocycles. The number of nitrogens with one attached hydrogen (secondary N) is 2. The van der Waals surface area contributed by atoms with Crippen molar-refractivity contribution in [3.8, 4) is 0 Å². The van der Waals surface area contributed by atoms with Gasteiger partial charge in [-0.2, -0.15) is 0 Å². The van der Waals surface area contributed by atoms with Gasteiger partial charge in [0.25, 0.3) is 0 Å². The third-order valence-corrected chi connectivity index (χ3v) is 6.33. The van der Waals surface area contributed by atoms with Crippen LogP contribution in [0, 0.1) is 12.3 Å². The minimum atomic E-state index is -0.580. The van der Waals surface area contributed by atoms with E-state index in [9.17, 15) is 4.79 Å². The molecule has 1 aromatic heterocycles. The van der Waals surface area contributed by atoms with Crippen molar-refractivity contribution in [1.82, 2.24) is 14.3 Å². The summed E-state index contributed by atoms with van der Waals surface area (Å²) in [5, 5.41) is 6.67. The zero-order valence-electron chi connectivity index (χ0n) is 18.9. The molecule has 0 aromatic carbocycles. The second kappa shape index (κ2) is 9.42. The van der Waals surface area contributed by atoms with Crippen molar-refractivity contribution < 1.29 is 4.79 Å². The highest BCUT2D eigenvalue weighted by molar-refractivity contribution is 6.18. The van der Waals surface area contributed by atoms with Crippen molar-refractivity contribution in [1.29, 1.82) is 0 Å². The number of aromatic nitrogens is 1. The van der Waals surface area contributed by atoms with E-state index in [1.54, 1.807) is 4.42 Å². The Morgan fingerprint density at radius 2 is 2.16 bits per heavy atom. The molecule has 9 heteroatoms. The first kappa shape index (κ1) is 22.5. The number of pyridine rings is 1. The van der Waals surface area contributed by atoms with Crippen LogP contribution in [0.2, 0.25) is 0 Å². The van der Waals surface area contributed by atoms with Crippen molar-refractivity contribution in [2.45, 2.75) is 26.2 Å². The molecule has 1 unspecified atom stereocenters. The summed E-state index contributed by atoms with van der Waals surface area (Å²) in [5.41, 5.74) is 2.86. The van der Waals surface area contributed by atoms with Gasteiger partial charge in [0.05, 0.1) is 29.1 Å². The van der Waals surface area contributed by atoms with Crippen LogP contribution >= 0.6 is 11.8 Å². The van der Waals surface area contributed by atoms with Crippen LogP contribution in [0.4, 0.5) is 11.5 Å². The van der Waals surface area contributed by atoms with Crippen LogP contribution in [-0.4, -0.2) is 72.0 Å². The molecule has 2 N–H and O–H groups in total. The first-order chi connectivity index (χ1) is 15.4. The van der Waals surface area contributed by atoms with Crippen LogP contribution in [0.3, 0.4) is 0 Å². The number of hydrogen-bond acceptors (Lipinski definition) is 8. The molecule has 3 aliphatic rings. The lowest BCUT2D eigenvalue weighted by Gasteiger charge is -2.39. The van der Waals surface area contributed by atoms with Gasteiger partial charge in [-0.05, 0) is 58.3 Å². The Morgan fingerprint density at radius 3 is 2.94 bits per heavy atom. The molecule has 8 nitrogen and oxygen atoms in total. The van der Waals surface area contributed by atoms with E-state index >= 15 is 0 Å². The maximum absolute atomic E-state index is 12.4. The van der Waals surface area contributed by atoms with Crippen molar-refractivity contribution in [2.75, 3.05) is 50.9 Å². The summed E-state index contributed by atoms with van der Waals surface area (Å²) in [4.78, 5) is 28.7. The van der Waals surface area contributed by atoms with E-state index in [0.717, 1.165) is 48.1 Å². The zero-order valence-corrected chi connectivity index (χ0v) is 19.6. The summed E-state index contributed by atoms with van der Waals surface area (Å²) in [6.07, 6.45) is 7.72. The number of guanidine groups is 1. The summed E-state index contributed by atoms with van der Waals surface area (Å²) in [5.74, 6) is 1.56. The number of halogens is 1. The normalized spacial score (nSPS) is 22.5. The molecule has 1 atom stereocenters. The fourth-order valence-corrected chi connectivity index (χ4v) is 4.56. The standard InChI is InChI=1S/C23H30ClN7O/c1-16-18(8-9-21(27-16)25-11-5-12-30(2)3)28-22-26-15-23-14-17(32)10-13-31(24)20(23)7-4-6-19(23)29-22/h4,6-9H,5,10-15H2,1-3H3,(H,25,27)(H,26,28). The van der Waals surface area contributed by atoms with Crippen molar-refractivity contribution in [3.05, 3.63) is 41.8 Å². The lowest BCUT2D eigenvalue weighted by molar-refractivity contribution is -0.119. The fraction of sp³-hybridized carbons (Fsp3) is 0.478. The van der Waals surface area contributed by atoms with E-state index in [4.69, 9.17) is 21.8 Å². The number of aliphatic imine (C=N–C) groups is 2. The highest BCUT2D eigenvalue weighted by Gasteiger charge is 2.47. The second-order valence-corrected chi connectivity index (χ2v) is 9.13. The van der Waals surface area contributed by atoms with E-state index in [-0.39, 0.29) is 5.78 Å². The average Bonchev–Trinajstić information content (AvgIpc) is 2.88. The van der Waals surface area contributed by atoms with E-state index < -0.39 is 5.41 Å². The van der Waals surface area contributed by atoms with Gasteiger partial charge in [-0.3, -0.25) is 9.21 Å². The zero-order chi connectivity index (χ0) is 22.7. The number of aryl methyl sites for hydroxylation is 1. The molecule has 0 bridgehead atoms. The third kappa shape index (κ3) is 4.71. The number of rotatable bonds is 6. The highest BCUT2D eigenvalue weighted by Crippen LogP contribution is 2.43. The van der Waals surface area contributed by atoms with Crippen LogP contribution < -0.4 is 10.6 Å². The summed E-state index contributed by atoms with van der Waals surface area (Å²) < 4.78 is 1.65. The number of anilines is 2. The van der Waals surface area contributed by atoms with Crippen molar-refractivity contribution >= 4 is 40.7 Å². The molecule has 1 spiro atoms. The fourth-order valence-electron chi connectivity index (χ4n) is 4.26. The minimum absolute atomic E-state index is 0.183. The monoisotopic (exact) mass is 455 g/mol. The predicted octanol–water partition coefficient (Wildman–Crippen LogP) is 3.23. The smallest absolute Gasteiger partial charge is 0.222 e. The molecule has 1 saturated heterocycles. The molecule has 2 aliphatic heterocycles. The van der Waals surface area contributed by atoms with Crippen LogP contribution in [0.1, 0.15) is 25.0 Å². The Balaban J connectivity index is 1.47. The molecule has 4 rings (SSSR count). The maximum Gasteiger partial charge on any atom is 0.222 e. The minimum Gasteiger partial charge on any atom is -0.370 e. The largest absolute Gasteiger partial charge is 0.370 e. The lowest BCUT2D eigenvalue weighted by Crippen LogP contribution is -2.44. The van der Waals surface area contributed by atoms with Crippen molar-refractivity contribution in [3.63, 3.8) is 0 Å². The van der Waals surface area contributed by atoms with Gasteiger partial charge in [-0.15, -0.1) is 0 Å². The lowest BCUT2D eigenvalue weighted by atomic mass is 9.72. The molecular formula is C23H30ClN7O. The predicted molar refractivity (Wildman–Crippen MR) is 130 cm³/mol.